The topological polar surface area (TPSA) is 56.7 Å². The van der Waals surface area contributed by atoms with Crippen molar-refractivity contribution in [2.75, 3.05) is 0 Å². The van der Waals surface area contributed by atoms with Gasteiger partial charge in [0, 0.05) is 38.4 Å². The molecule has 8 aromatic rings. The fourth-order valence-corrected chi connectivity index (χ4v) is 10.1. The molecule has 4 saturated carbocycles. The van der Waals surface area contributed by atoms with Gasteiger partial charge in [0.1, 0.15) is 17.0 Å². The smallest absolute Gasteiger partial charge is 0.163 e. The van der Waals surface area contributed by atoms with Crippen molar-refractivity contribution in [3.63, 3.8) is 0 Å². The van der Waals surface area contributed by atoms with Crippen LogP contribution < -0.4 is 0 Å². The second-order valence-corrected chi connectivity index (χ2v) is 14.7. The molecule has 4 fully saturated rings. The molecule has 0 radical (unpaired) electrons. The fraction of sp³-hybridized carbons (Fsp3) is 0.233. The van der Waals surface area contributed by atoms with E-state index in [0.29, 0.717) is 0 Å². The minimum Gasteiger partial charge on any atom is -0.456 e. The third-order valence-electron chi connectivity index (χ3n) is 11.7. The van der Waals surface area contributed by atoms with Gasteiger partial charge >= 0.3 is 0 Å². The zero-order valence-corrected chi connectivity index (χ0v) is 26.6. The first-order valence-corrected chi connectivity index (χ1v) is 17.5. The second kappa shape index (κ2) is 9.86. The maximum absolute atomic E-state index is 6.33. The predicted molar refractivity (Wildman–Crippen MR) is 192 cm³/mol. The van der Waals surface area contributed by atoms with Crippen LogP contribution in [0.5, 0.6) is 0 Å². The fourth-order valence-electron chi connectivity index (χ4n) is 10.1. The summed E-state index contributed by atoms with van der Waals surface area (Å²) in [6, 6.07) is 40.6. The summed E-state index contributed by atoms with van der Waals surface area (Å²) in [5.74, 6) is 5.03. The van der Waals surface area contributed by atoms with Crippen LogP contribution in [0.4, 0.5) is 0 Å². The van der Waals surface area contributed by atoms with Crippen LogP contribution in [0, 0.1) is 17.8 Å². The highest BCUT2D eigenvalue weighted by molar-refractivity contribution is 6.24. The van der Waals surface area contributed by atoms with Crippen molar-refractivity contribution in [1.82, 2.24) is 19.5 Å². The summed E-state index contributed by atoms with van der Waals surface area (Å²) >= 11 is 0. The van der Waals surface area contributed by atoms with Crippen molar-refractivity contribution < 1.29 is 4.42 Å². The lowest BCUT2D eigenvalue weighted by atomic mass is 9.49. The monoisotopic (exact) mass is 622 g/mol. The first-order valence-electron chi connectivity index (χ1n) is 17.5. The lowest BCUT2D eigenvalue weighted by Gasteiger charge is -2.56. The highest BCUT2D eigenvalue weighted by atomic mass is 16.3. The highest BCUT2D eigenvalue weighted by Gasteiger charge is 2.53. The third-order valence-corrected chi connectivity index (χ3v) is 11.7. The Hall–Kier alpha value is -5.29. The summed E-state index contributed by atoms with van der Waals surface area (Å²) in [6.45, 7) is 0. The molecule has 0 amide bonds. The largest absolute Gasteiger partial charge is 0.456 e. The number of fused-ring (bicyclic) bond motifs is 7. The normalized spacial score (nSPS) is 23.2. The van der Waals surface area contributed by atoms with Gasteiger partial charge in [-0.15, -0.1) is 0 Å². The lowest BCUT2D eigenvalue weighted by molar-refractivity contribution is -0.00938. The molecule has 0 unspecified atom stereocenters. The average molecular weight is 623 g/mol. The van der Waals surface area contributed by atoms with E-state index in [2.05, 4.69) is 114 Å². The molecule has 5 aromatic carbocycles. The molecule has 3 aromatic heterocycles. The van der Waals surface area contributed by atoms with E-state index in [0.717, 1.165) is 74.0 Å². The first-order chi connectivity index (χ1) is 23.7. The zero-order valence-electron chi connectivity index (χ0n) is 26.6. The summed E-state index contributed by atoms with van der Waals surface area (Å²) in [7, 11) is 0. The Labute approximate surface area is 278 Å². The third kappa shape index (κ3) is 3.88. The molecule has 4 bridgehead atoms. The van der Waals surface area contributed by atoms with Gasteiger partial charge in [-0.1, -0.05) is 66.7 Å². The van der Waals surface area contributed by atoms with Gasteiger partial charge < -0.3 is 8.98 Å². The minimum absolute atomic E-state index is 0.0810. The van der Waals surface area contributed by atoms with Gasteiger partial charge in [-0.3, -0.25) is 0 Å². The molecule has 232 valence electrons. The Morgan fingerprint density at radius 2 is 1.17 bits per heavy atom. The number of aromatic nitrogens is 4. The minimum atomic E-state index is 0.0810. The van der Waals surface area contributed by atoms with Crippen molar-refractivity contribution in [1.29, 1.82) is 0 Å². The van der Waals surface area contributed by atoms with E-state index in [1.807, 2.05) is 6.07 Å². The van der Waals surface area contributed by atoms with Crippen LogP contribution in [-0.2, 0) is 5.41 Å². The SMILES string of the molecule is c1ccc(-c2nc(-c3ccc(-n4c5ccccc5c5ccc6oc7ccccc7c6c54)cc3)nc(C34CC5CC(CC(C5)C3)C4)n2)cc1. The van der Waals surface area contributed by atoms with Crippen molar-refractivity contribution in [3.05, 3.63) is 121 Å². The highest BCUT2D eigenvalue weighted by Crippen LogP contribution is 2.60. The lowest BCUT2D eigenvalue weighted by Crippen LogP contribution is -2.49. The Kier molecular flexibility index (Phi) is 5.50. The summed E-state index contributed by atoms with van der Waals surface area (Å²) in [6.07, 6.45) is 7.86. The molecule has 4 aliphatic rings. The molecular formula is C43H34N4O. The van der Waals surface area contributed by atoms with E-state index in [4.69, 9.17) is 19.4 Å². The van der Waals surface area contributed by atoms with Crippen molar-refractivity contribution in [2.45, 2.75) is 43.9 Å². The van der Waals surface area contributed by atoms with Crippen LogP contribution in [-0.4, -0.2) is 19.5 Å². The van der Waals surface area contributed by atoms with Crippen LogP contribution in [0.3, 0.4) is 0 Å². The summed E-state index contributed by atoms with van der Waals surface area (Å²) in [5, 5.41) is 4.73. The zero-order chi connectivity index (χ0) is 31.4. The quantitative estimate of drug-likeness (QED) is 0.196. The number of para-hydroxylation sites is 2. The molecule has 0 atom stereocenters. The van der Waals surface area contributed by atoms with E-state index >= 15 is 0 Å². The summed E-state index contributed by atoms with van der Waals surface area (Å²) in [4.78, 5) is 15.7. The Morgan fingerprint density at radius 1 is 0.542 bits per heavy atom. The molecule has 5 nitrogen and oxygen atoms in total. The van der Waals surface area contributed by atoms with Gasteiger partial charge in [0.05, 0.1) is 16.4 Å². The molecule has 12 rings (SSSR count). The Bertz CT molecular complexity index is 2510. The molecule has 3 heterocycles. The molecule has 0 N–H and O–H groups in total. The van der Waals surface area contributed by atoms with Crippen molar-refractivity contribution >= 4 is 43.7 Å². The number of nitrogens with zero attached hydrogens (tertiary/aromatic N) is 4. The molecule has 48 heavy (non-hydrogen) atoms. The number of hydrogen-bond acceptors (Lipinski definition) is 4. The molecule has 0 aliphatic heterocycles. The average Bonchev–Trinajstić information content (AvgIpc) is 3.67. The van der Waals surface area contributed by atoms with Crippen molar-refractivity contribution in [2.24, 2.45) is 17.8 Å². The van der Waals surface area contributed by atoms with Gasteiger partial charge in [-0.2, -0.15) is 0 Å². The predicted octanol–water partition coefficient (Wildman–Crippen LogP) is 10.7. The number of hydrogen-bond donors (Lipinski definition) is 0. The van der Waals surface area contributed by atoms with Crippen LogP contribution in [0.25, 0.3) is 72.2 Å². The van der Waals surface area contributed by atoms with Gasteiger partial charge in [-0.05, 0) is 105 Å². The molecule has 5 heteroatoms. The Morgan fingerprint density at radius 3 is 1.90 bits per heavy atom. The number of benzene rings is 5. The maximum Gasteiger partial charge on any atom is 0.163 e. The first kappa shape index (κ1) is 26.7. The number of furan rings is 1. The van der Waals surface area contributed by atoms with Crippen molar-refractivity contribution in [3.8, 4) is 28.5 Å². The van der Waals surface area contributed by atoms with E-state index in [1.54, 1.807) is 0 Å². The van der Waals surface area contributed by atoms with Gasteiger partial charge in [0.25, 0.3) is 0 Å². The maximum atomic E-state index is 6.33. The van der Waals surface area contributed by atoms with E-state index in [9.17, 15) is 0 Å². The van der Waals surface area contributed by atoms with E-state index < -0.39 is 0 Å². The van der Waals surface area contributed by atoms with Gasteiger partial charge in [0.2, 0.25) is 0 Å². The summed E-state index contributed by atoms with van der Waals surface area (Å²) in [5.41, 5.74) is 7.40. The van der Waals surface area contributed by atoms with Crippen LogP contribution in [0.1, 0.15) is 44.3 Å². The summed E-state index contributed by atoms with van der Waals surface area (Å²) < 4.78 is 8.73. The van der Waals surface area contributed by atoms with E-state index in [1.165, 1.54) is 60.3 Å². The van der Waals surface area contributed by atoms with Gasteiger partial charge in [0.15, 0.2) is 11.6 Å². The molecule has 4 aliphatic carbocycles. The second-order valence-electron chi connectivity index (χ2n) is 14.7. The van der Waals surface area contributed by atoms with Crippen LogP contribution >= 0.6 is 0 Å². The van der Waals surface area contributed by atoms with Gasteiger partial charge in [-0.25, -0.2) is 15.0 Å². The van der Waals surface area contributed by atoms with Crippen LogP contribution in [0.2, 0.25) is 0 Å². The standard InChI is InChI=1S/C43H34N4O/c1-2-8-29(9-3-1)40-44-41(46-42(45-40)43-23-26-20-27(24-43)22-28(21-26)25-43)30-14-16-31(17-15-30)47-35-12-6-4-10-32(35)33-18-19-37-38(39(33)47)34-11-5-7-13-36(34)48-37/h1-19,26-28H,20-25H2. The Balaban J connectivity index is 1.09. The van der Waals surface area contributed by atoms with Crippen LogP contribution in [0.15, 0.2) is 120 Å². The molecular weight excluding hydrogens is 589 g/mol. The molecule has 0 spiro atoms. The number of rotatable bonds is 4. The van der Waals surface area contributed by atoms with E-state index in [-0.39, 0.29) is 5.41 Å². The molecule has 0 saturated heterocycles.